The summed E-state index contributed by atoms with van der Waals surface area (Å²) >= 11 is 0. The van der Waals surface area contributed by atoms with Crippen LogP contribution in [-0.4, -0.2) is 26.8 Å². The van der Waals surface area contributed by atoms with Gasteiger partial charge < -0.3 is 10.4 Å². The number of anilines is 1. The summed E-state index contributed by atoms with van der Waals surface area (Å²) in [6, 6.07) is 3.13. The number of carboxylic acids is 1. The number of rotatable bonds is 3. The van der Waals surface area contributed by atoms with Crippen molar-refractivity contribution in [3.63, 3.8) is 0 Å². The van der Waals surface area contributed by atoms with Gasteiger partial charge in [-0.05, 0) is 31.9 Å². The van der Waals surface area contributed by atoms with Gasteiger partial charge in [0.2, 0.25) is 0 Å². The maximum absolute atomic E-state index is 10.6. The van der Waals surface area contributed by atoms with E-state index in [1.54, 1.807) is 6.07 Å². The molecule has 1 saturated carbocycles. The summed E-state index contributed by atoms with van der Waals surface area (Å²) in [7, 11) is 0. The Kier molecular flexibility index (Phi) is 2.77. The average Bonchev–Trinajstić information content (AvgIpc) is 2.65. The predicted octanol–water partition coefficient (Wildman–Crippen LogP) is 1.92. The molecular weight excluding hydrogens is 206 g/mol. The summed E-state index contributed by atoms with van der Waals surface area (Å²) in [5.41, 5.74) is 0.0569. The van der Waals surface area contributed by atoms with Crippen LogP contribution in [0.1, 0.15) is 43.1 Å². The van der Waals surface area contributed by atoms with Gasteiger partial charge >= 0.3 is 5.97 Å². The van der Waals surface area contributed by atoms with Crippen molar-refractivity contribution < 1.29 is 9.90 Å². The first-order valence-corrected chi connectivity index (χ1v) is 5.44. The first-order valence-electron chi connectivity index (χ1n) is 5.44. The minimum atomic E-state index is -1.05. The van der Waals surface area contributed by atoms with Gasteiger partial charge in [-0.15, -0.1) is 10.2 Å². The monoisotopic (exact) mass is 221 g/mol. The third-order valence-electron chi connectivity index (χ3n) is 3.02. The van der Waals surface area contributed by atoms with E-state index < -0.39 is 5.97 Å². The van der Waals surface area contributed by atoms with Gasteiger partial charge in [0.25, 0.3) is 0 Å². The van der Waals surface area contributed by atoms with Crippen LogP contribution in [0.2, 0.25) is 0 Å². The highest BCUT2D eigenvalue weighted by atomic mass is 16.4. The van der Waals surface area contributed by atoms with Crippen molar-refractivity contribution in [3.8, 4) is 0 Å². The van der Waals surface area contributed by atoms with Crippen molar-refractivity contribution >= 4 is 11.8 Å². The summed E-state index contributed by atoms with van der Waals surface area (Å²) < 4.78 is 0. The Morgan fingerprint density at radius 2 is 2.06 bits per heavy atom. The van der Waals surface area contributed by atoms with Crippen LogP contribution in [0.25, 0.3) is 0 Å². The van der Waals surface area contributed by atoms with Gasteiger partial charge in [0.1, 0.15) is 5.82 Å². The molecule has 0 radical (unpaired) electrons. The largest absolute Gasteiger partial charge is 0.476 e. The van der Waals surface area contributed by atoms with Gasteiger partial charge in [-0.25, -0.2) is 4.79 Å². The normalized spacial score (nSPS) is 18.3. The zero-order valence-electron chi connectivity index (χ0n) is 9.23. The van der Waals surface area contributed by atoms with Crippen molar-refractivity contribution in [2.45, 2.75) is 38.1 Å². The molecule has 5 heteroatoms. The van der Waals surface area contributed by atoms with Crippen molar-refractivity contribution in [2.75, 3.05) is 5.32 Å². The van der Waals surface area contributed by atoms with E-state index in [2.05, 4.69) is 22.4 Å². The molecule has 1 fully saturated rings. The molecule has 0 amide bonds. The van der Waals surface area contributed by atoms with Crippen LogP contribution in [0.3, 0.4) is 0 Å². The molecule has 0 saturated heterocycles. The van der Waals surface area contributed by atoms with Crippen molar-refractivity contribution in [1.82, 2.24) is 10.2 Å². The molecule has 0 spiro atoms. The molecule has 1 aromatic heterocycles. The molecule has 2 rings (SSSR count). The standard InChI is InChI=1S/C11H15N3O2/c1-11(6-2-3-7-11)12-9-5-4-8(10(15)16)13-14-9/h4-5H,2-3,6-7H2,1H3,(H,12,14)(H,15,16). The van der Waals surface area contributed by atoms with E-state index >= 15 is 0 Å². The van der Waals surface area contributed by atoms with E-state index in [0.29, 0.717) is 5.82 Å². The Bertz CT molecular complexity index is 383. The van der Waals surface area contributed by atoms with E-state index in [0.717, 1.165) is 12.8 Å². The smallest absolute Gasteiger partial charge is 0.356 e. The molecule has 0 unspecified atom stereocenters. The van der Waals surface area contributed by atoms with E-state index in [1.165, 1.54) is 18.9 Å². The van der Waals surface area contributed by atoms with Gasteiger partial charge in [-0.2, -0.15) is 0 Å². The third kappa shape index (κ3) is 2.29. The molecule has 1 aromatic rings. The average molecular weight is 221 g/mol. The van der Waals surface area contributed by atoms with Gasteiger partial charge in [0.05, 0.1) is 0 Å². The summed E-state index contributed by atoms with van der Waals surface area (Å²) in [6.45, 7) is 2.16. The molecule has 16 heavy (non-hydrogen) atoms. The molecule has 1 aliphatic rings. The summed E-state index contributed by atoms with van der Waals surface area (Å²) in [5, 5.41) is 19.5. The molecule has 1 aliphatic carbocycles. The summed E-state index contributed by atoms with van der Waals surface area (Å²) in [5.74, 6) is -0.402. The first kappa shape index (κ1) is 10.9. The van der Waals surface area contributed by atoms with Crippen molar-refractivity contribution in [2.24, 2.45) is 0 Å². The van der Waals surface area contributed by atoms with Crippen molar-refractivity contribution in [1.29, 1.82) is 0 Å². The number of nitrogens with zero attached hydrogens (tertiary/aromatic N) is 2. The van der Waals surface area contributed by atoms with E-state index in [9.17, 15) is 4.79 Å². The van der Waals surface area contributed by atoms with Crippen LogP contribution in [0.4, 0.5) is 5.82 Å². The van der Waals surface area contributed by atoms with Gasteiger partial charge in [0, 0.05) is 5.54 Å². The molecule has 2 N–H and O–H groups in total. The Morgan fingerprint density at radius 1 is 1.38 bits per heavy atom. The van der Waals surface area contributed by atoms with Crippen LogP contribution < -0.4 is 5.32 Å². The number of hydrogen-bond acceptors (Lipinski definition) is 4. The van der Waals surface area contributed by atoms with Crippen LogP contribution in [0.5, 0.6) is 0 Å². The molecule has 5 nitrogen and oxygen atoms in total. The molecule has 0 bridgehead atoms. The second-order valence-corrected chi connectivity index (χ2v) is 4.50. The topological polar surface area (TPSA) is 75.1 Å². The maximum Gasteiger partial charge on any atom is 0.356 e. The zero-order chi connectivity index (χ0) is 11.6. The highest BCUT2D eigenvalue weighted by Gasteiger charge is 2.28. The highest BCUT2D eigenvalue weighted by molar-refractivity contribution is 5.85. The highest BCUT2D eigenvalue weighted by Crippen LogP contribution is 2.31. The predicted molar refractivity (Wildman–Crippen MR) is 59.5 cm³/mol. The Balaban J connectivity index is 2.07. The minimum Gasteiger partial charge on any atom is -0.476 e. The Labute approximate surface area is 93.9 Å². The fraction of sp³-hybridized carbons (Fsp3) is 0.545. The van der Waals surface area contributed by atoms with E-state index in [1.807, 2.05) is 0 Å². The SMILES string of the molecule is CC1(Nc2ccc(C(=O)O)nn2)CCCC1. The number of aromatic carboxylic acids is 1. The molecule has 0 aliphatic heterocycles. The second kappa shape index (κ2) is 4.08. The number of hydrogen-bond donors (Lipinski definition) is 2. The van der Waals surface area contributed by atoms with Crippen LogP contribution >= 0.6 is 0 Å². The second-order valence-electron chi connectivity index (χ2n) is 4.50. The van der Waals surface area contributed by atoms with Gasteiger partial charge in [0.15, 0.2) is 5.69 Å². The minimum absolute atomic E-state index is 0.0258. The van der Waals surface area contributed by atoms with Gasteiger partial charge in [-0.3, -0.25) is 0 Å². The lowest BCUT2D eigenvalue weighted by atomic mass is 10.0. The quantitative estimate of drug-likeness (QED) is 0.815. The maximum atomic E-state index is 10.6. The Hall–Kier alpha value is -1.65. The summed E-state index contributed by atoms with van der Waals surface area (Å²) in [6.07, 6.45) is 4.69. The molecule has 0 aromatic carbocycles. The fourth-order valence-corrected chi connectivity index (χ4v) is 2.10. The van der Waals surface area contributed by atoms with Crippen molar-refractivity contribution in [3.05, 3.63) is 17.8 Å². The van der Waals surface area contributed by atoms with E-state index in [-0.39, 0.29) is 11.2 Å². The van der Waals surface area contributed by atoms with Crippen LogP contribution in [-0.2, 0) is 0 Å². The lowest BCUT2D eigenvalue weighted by Gasteiger charge is -2.25. The third-order valence-corrected chi connectivity index (χ3v) is 3.02. The Morgan fingerprint density at radius 3 is 2.56 bits per heavy atom. The number of nitrogens with one attached hydrogen (secondary N) is 1. The fourth-order valence-electron chi connectivity index (χ4n) is 2.10. The molecule has 0 atom stereocenters. The number of carboxylic acid groups (broad SMARTS) is 1. The number of carbonyl (C=O) groups is 1. The summed E-state index contributed by atoms with van der Waals surface area (Å²) in [4.78, 5) is 10.6. The van der Waals surface area contributed by atoms with Crippen LogP contribution in [0.15, 0.2) is 12.1 Å². The lowest BCUT2D eigenvalue weighted by molar-refractivity contribution is 0.0689. The molecule has 86 valence electrons. The number of aromatic nitrogens is 2. The van der Waals surface area contributed by atoms with Crippen LogP contribution in [0, 0.1) is 0 Å². The molecule has 1 heterocycles. The molecular formula is C11H15N3O2. The lowest BCUT2D eigenvalue weighted by Crippen LogP contribution is -2.31. The van der Waals surface area contributed by atoms with E-state index in [4.69, 9.17) is 5.11 Å². The zero-order valence-corrected chi connectivity index (χ0v) is 9.23. The first-order chi connectivity index (χ1) is 7.59. The van der Waals surface area contributed by atoms with Gasteiger partial charge in [-0.1, -0.05) is 12.8 Å².